The highest BCUT2D eigenvalue weighted by Crippen LogP contribution is 2.68. The lowest BCUT2D eigenvalue weighted by Crippen LogP contribution is -2.53. The second-order valence-electron chi connectivity index (χ2n) is 12.8. The minimum absolute atomic E-state index is 0.0434. The second-order valence-corrected chi connectivity index (χ2v) is 12.8. The van der Waals surface area contributed by atoms with Gasteiger partial charge in [-0.2, -0.15) is 0 Å². The molecule has 2 unspecified atom stereocenters. The fraction of sp³-hybridized carbons (Fsp3) is 0.931. The first kappa shape index (κ1) is 24.3. The van der Waals surface area contributed by atoms with Crippen molar-refractivity contribution >= 4 is 11.8 Å². The van der Waals surface area contributed by atoms with Crippen molar-refractivity contribution in [2.45, 2.75) is 118 Å². The number of ketones is 1. The molecular formula is C29H48O3. The van der Waals surface area contributed by atoms with Crippen LogP contribution in [0.25, 0.3) is 0 Å². The third-order valence-electron chi connectivity index (χ3n) is 11.4. The van der Waals surface area contributed by atoms with Crippen LogP contribution in [0.3, 0.4) is 0 Å². The Balaban J connectivity index is 1.47. The van der Waals surface area contributed by atoms with Crippen LogP contribution in [0.4, 0.5) is 0 Å². The third-order valence-corrected chi connectivity index (χ3v) is 11.4. The Hall–Kier alpha value is -0.860. The van der Waals surface area contributed by atoms with Gasteiger partial charge in [-0.1, -0.05) is 47.0 Å². The van der Waals surface area contributed by atoms with E-state index in [1.807, 2.05) is 0 Å². The van der Waals surface area contributed by atoms with Crippen LogP contribution in [0.1, 0.15) is 118 Å². The van der Waals surface area contributed by atoms with E-state index in [1.54, 1.807) is 0 Å². The Morgan fingerprint density at radius 1 is 0.938 bits per heavy atom. The van der Waals surface area contributed by atoms with Crippen molar-refractivity contribution in [2.24, 2.45) is 52.3 Å². The van der Waals surface area contributed by atoms with E-state index < -0.39 is 11.9 Å². The highest BCUT2D eigenvalue weighted by Gasteiger charge is 2.60. The Morgan fingerprint density at radius 3 is 2.41 bits per heavy atom. The number of hydrogen-bond donors (Lipinski definition) is 1. The van der Waals surface area contributed by atoms with Crippen molar-refractivity contribution in [3.63, 3.8) is 0 Å². The summed E-state index contributed by atoms with van der Waals surface area (Å²) in [6.07, 6.45) is 16.6. The van der Waals surface area contributed by atoms with E-state index in [4.69, 9.17) is 0 Å². The lowest BCUT2D eigenvalue weighted by Gasteiger charge is -2.61. The quantitative estimate of drug-likeness (QED) is 0.394. The highest BCUT2D eigenvalue weighted by atomic mass is 16.4. The molecule has 0 spiro atoms. The molecule has 3 nitrogen and oxygen atoms in total. The molecule has 0 aliphatic heterocycles. The van der Waals surface area contributed by atoms with Gasteiger partial charge in [-0.3, -0.25) is 9.59 Å². The largest absolute Gasteiger partial charge is 0.481 e. The van der Waals surface area contributed by atoms with Gasteiger partial charge in [-0.25, -0.2) is 0 Å². The molecule has 9 atom stereocenters. The molecule has 4 aliphatic rings. The molecule has 0 radical (unpaired) electrons. The normalized spacial score (nSPS) is 42.9. The summed E-state index contributed by atoms with van der Waals surface area (Å²) in [6, 6.07) is 0. The second kappa shape index (κ2) is 9.41. The summed E-state index contributed by atoms with van der Waals surface area (Å²) < 4.78 is 0. The van der Waals surface area contributed by atoms with Crippen LogP contribution in [-0.2, 0) is 9.59 Å². The highest BCUT2D eigenvalue weighted by molar-refractivity contribution is 5.98. The van der Waals surface area contributed by atoms with Crippen LogP contribution in [-0.4, -0.2) is 16.9 Å². The molecule has 1 N–H and O–H groups in total. The molecule has 4 aliphatic carbocycles. The molecule has 4 fully saturated rings. The fourth-order valence-corrected chi connectivity index (χ4v) is 9.70. The van der Waals surface area contributed by atoms with E-state index in [1.165, 1.54) is 64.2 Å². The average Bonchev–Trinajstić information content (AvgIpc) is 3.12. The number of aliphatic carboxylic acids is 1. The summed E-state index contributed by atoms with van der Waals surface area (Å²) in [7, 11) is 0. The van der Waals surface area contributed by atoms with E-state index in [0.29, 0.717) is 35.5 Å². The van der Waals surface area contributed by atoms with Crippen LogP contribution >= 0.6 is 0 Å². The topological polar surface area (TPSA) is 54.4 Å². The van der Waals surface area contributed by atoms with E-state index in [-0.39, 0.29) is 5.78 Å². The zero-order valence-electron chi connectivity index (χ0n) is 21.2. The molecule has 0 bridgehead atoms. The van der Waals surface area contributed by atoms with Crippen molar-refractivity contribution in [3.05, 3.63) is 0 Å². The zero-order chi connectivity index (χ0) is 23.1. The van der Waals surface area contributed by atoms with Gasteiger partial charge in [0.15, 0.2) is 0 Å². The minimum Gasteiger partial charge on any atom is -0.481 e. The van der Waals surface area contributed by atoms with E-state index >= 15 is 0 Å². The maximum absolute atomic E-state index is 12.6. The van der Waals surface area contributed by atoms with Gasteiger partial charge in [0, 0.05) is 6.42 Å². The summed E-state index contributed by atoms with van der Waals surface area (Å²) in [5.74, 6) is 2.72. The van der Waals surface area contributed by atoms with E-state index in [9.17, 15) is 14.7 Å². The molecule has 4 rings (SSSR count). The van der Waals surface area contributed by atoms with Crippen molar-refractivity contribution in [3.8, 4) is 0 Å². The van der Waals surface area contributed by atoms with Gasteiger partial charge in [-0.05, 0) is 111 Å². The van der Waals surface area contributed by atoms with Crippen LogP contribution in [0.15, 0.2) is 0 Å². The van der Waals surface area contributed by atoms with Gasteiger partial charge in [0.2, 0.25) is 0 Å². The minimum atomic E-state index is -0.898. The molecule has 182 valence electrons. The predicted octanol–water partition coefficient (Wildman–Crippen LogP) is 7.52. The Morgan fingerprint density at radius 2 is 1.69 bits per heavy atom. The van der Waals surface area contributed by atoms with E-state index in [2.05, 4.69) is 27.7 Å². The van der Waals surface area contributed by atoms with Crippen molar-refractivity contribution in [1.82, 2.24) is 0 Å². The lowest BCUT2D eigenvalue weighted by atomic mass is 9.44. The van der Waals surface area contributed by atoms with Crippen LogP contribution in [0, 0.1) is 52.3 Å². The number of fused-ring (bicyclic) bond motifs is 5. The number of carbonyl (C=O) groups is 2. The molecule has 0 heterocycles. The molecule has 32 heavy (non-hydrogen) atoms. The number of Topliss-reactive ketones (excluding diaryl/α,β-unsaturated/α-hetero) is 1. The van der Waals surface area contributed by atoms with Gasteiger partial charge in [0.1, 0.15) is 11.7 Å². The molecule has 4 saturated carbocycles. The summed E-state index contributed by atoms with van der Waals surface area (Å²) in [4.78, 5) is 24.6. The number of carboxylic acid groups (broad SMARTS) is 1. The summed E-state index contributed by atoms with van der Waals surface area (Å²) >= 11 is 0. The molecule has 0 amide bonds. The summed E-state index contributed by atoms with van der Waals surface area (Å²) in [6.45, 7) is 9.51. The van der Waals surface area contributed by atoms with Gasteiger partial charge < -0.3 is 5.11 Å². The van der Waals surface area contributed by atoms with Crippen molar-refractivity contribution in [2.75, 3.05) is 0 Å². The van der Waals surface area contributed by atoms with E-state index in [0.717, 1.165) is 36.5 Å². The molecule has 0 aromatic carbocycles. The van der Waals surface area contributed by atoms with Gasteiger partial charge in [0.25, 0.3) is 0 Å². The van der Waals surface area contributed by atoms with Crippen LogP contribution < -0.4 is 0 Å². The molecule has 0 aromatic heterocycles. The number of hydrogen-bond acceptors (Lipinski definition) is 2. The fourth-order valence-electron chi connectivity index (χ4n) is 9.70. The first-order chi connectivity index (χ1) is 15.2. The van der Waals surface area contributed by atoms with Crippen molar-refractivity contribution < 1.29 is 14.7 Å². The smallest absolute Gasteiger partial charge is 0.314 e. The molecule has 0 aromatic rings. The zero-order valence-corrected chi connectivity index (χ0v) is 21.2. The third kappa shape index (κ3) is 4.09. The summed E-state index contributed by atoms with van der Waals surface area (Å²) in [5, 5.41) is 9.80. The lowest BCUT2D eigenvalue weighted by molar-refractivity contribution is -0.148. The molecular weight excluding hydrogens is 396 g/mol. The van der Waals surface area contributed by atoms with Gasteiger partial charge in [0.05, 0.1) is 0 Å². The first-order valence-corrected chi connectivity index (χ1v) is 14.0. The predicted molar refractivity (Wildman–Crippen MR) is 129 cm³/mol. The summed E-state index contributed by atoms with van der Waals surface area (Å²) in [5.41, 5.74) is 0.917. The number of unbranched alkanes of at least 4 members (excludes halogenated alkanes) is 1. The standard InChI is InChI=1S/C29H48O3/c1-5-6-10-26(30)22(27(31)32)18-19(2)23-13-14-24-21-12-11-20-9-7-8-16-28(20,3)25(21)15-17-29(23,24)4/h19-25H,5-18H2,1-4H3,(H,31,32)/t19-,20?,21+,22?,23-,24+,25+,28+,29-/m1/s1. The number of rotatable bonds is 8. The van der Waals surface area contributed by atoms with Crippen molar-refractivity contribution in [1.29, 1.82) is 0 Å². The maximum atomic E-state index is 12.6. The van der Waals surface area contributed by atoms with Crippen LogP contribution in [0.5, 0.6) is 0 Å². The average molecular weight is 445 g/mol. The maximum Gasteiger partial charge on any atom is 0.314 e. The SMILES string of the molecule is CCCCC(=O)C(C[C@@H](C)[C@H]1CC[C@H]2[C@@H]3CCC4CCCC[C@]4(C)[C@H]3CC[C@]12C)C(=O)O. The monoisotopic (exact) mass is 444 g/mol. The molecule has 0 saturated heterocycles. The van der Waals surface area contributed by atoms with Gasteiger partial charge in [-0.15, -0.1) is 0 Å². The Kier molecular flexibility index (Phi) is 7.14. The molecule has 3 heteroatoms. The number of carbonyl (C=O) groups excluding carboxylic acids is 1. The first-order valence-electron chi connectivity index (χ1n) is 14.0. The van der Waals surface area contributed by atoms with Gasteiger partial charge >= 0.3 is 5.97 Å². The Bertz CT molecular complexity index is 701. The number of carboxylic acids is 1. The Labute approximate surface area is 196 Å². The van der Waals surface area contributed by atoms with Crippen LogP contribution in [0.2, 0.25) is 0 Å².